The van der Waals surface area contributed by atoms with Gasteiger partial charge >= 0.3 is 5.97 Å². The van der Waals surface area contributed by atoms with Gasteiger partial charge in [0.05, 0.1) is 61.3 Å². The minimum Gasteiger partial charge on any atom is -0.481 e. The van der Waals surface area contributed by atoms with Crippen molar-refractivity contribution in [1.29, 1.82) is 0 Å². The molecule has 3 aliphatic rings. The number of rotatable bonds is 17. The Hall–Kier alpha value is -3.50. The molecule has 420 valence electrons. The van der Waals surface area contributed by atoms with E-state index in [9.17, 15) is 30.3 Å². The third kappa shape index (κ3) is 15.6. The molecule has 8 N–H and O–H groups in total. The number of aliphatic hydroxyl groups excluding tert-OH is 3. The van der Waals surface area contributed by atoms with Crippen molar-refractivity contribution in [3.05, 3.63) is 60.1 Å². The summed E-state index contributed by atoms with van der Waals surface area (Å²) in [6.45, 7) is 19.0. The molecule has 5 rings (SSSR count). The van der Waals surface area contributed by atoms with Crippen molar-refractivity contribution in [2.45, 2.75) is 204 Å². The molecule has 3 aliphatic heterocycles. The molecule has 3 fully saturated rings. The first-order valence-corrected chi connectivity index (χ1v) is 26.8. The van der Waals surface area contributed by atoms with E-state index in [1.165, 1.54) is 14.0 Å². The number of likely N-dealkylation sites (N-methyl/N-ethyl adjacent to an activating group) is 1. The summed E-state index contributed by atoms with van der Waals surface area (Å²) >= 11 is 0. The highest BCUT2D eigenvalue weighted by Gasteiger charge is 2.52. The summed E-state index contributed by atoms with van der Waals surface area (Å²) < 4.78 is 43.9. The lowest BCUT2D eigenvalue weighted by Gasteiger charge is -2.48. The molecule has 1 aromatic heterocycles. The van der Waals surface area contributed by atoms with Crippen LogP contribution in [0.15, 0.2) is 54.5 Å². The number of hydrogen-bond donors (Lipinski definition) is 7. The van der Waals surface area contributed by atoms with E-state index in [0.717, 1.165) is 23.1 Å². The van der Waals surface area contributed by atoms with Gasteiger partial charge in [0.2, 0.25) is 5.88 Å². The summed E-state index contributed by atoms with van der Waals surface area (Å²) in [5, 5.41) is 61.1. The van der Waals surface area contributed by atoms with Crippen LogP contribution in [0, 0.1) is 17.8 Å². The Balaban J connectivity index is 1.35. The SMILES string of the molecule is CC[C@H]1OC(=O)[C@H](C)[C@@H](O[C@H]2C[C@@](C)(OC)[C@@H](O)[C@H](C)O2)[C@H](C)[C@@H](O[C@H]2C[C@@H](N(C)CC/C(N)=C/N[C@H](CO)Cc3ccc(-c4ccc(OC)nc4)cc3)C[C@@H](C)O2)[C@](C)(O)C[C@@H](C)CN(C)[C@H](C)[C@@H](O)[C@]1(C)O. The molecule has 2 aromatic rings. The molecule has 18 atom stereocenters. The first-order chi connectivity index (χ1) is 34.8. The number of carbonyl (C=O) groups is 1. The number of nitrogens with one attached hydrogen (secondary N) is 1. The highest BCUT2D eigenvalue weighted by molar-refractivity contribution is 5.73. The van der Waals surface area contributed by atoms with Gasteiger partial charge in [-0.25, -0.2) is 4.98 Å². The molecule has 0 saturated carbocycles. The van der Waals surface area contributed by atoms with E-state index in [4.69, 9.17) is 38.9 Å². The van der Waals surface area contributed by atoms with Crippen molar-refractivity contribution < 1.29 is 63.5 Å². The monoisotopic (exact) mass is 1040 g/mol. The third-order valence-corrected chi connectivity index (χ3v) is 16.2. The maximum Gasteiger partial charge on any atom is 0.311 e. The molecular formula is C56H93N5O13. The second-order valence-electron chi connectivity index (χ2n) is 22.6. The van der Waals surface area contributed by atoms with Gasteiger partial charge in [-0.2, -0.15) is 0 Å². The van der Waals surface area contributed by atoms with E-state index in [-0.39, 0.29) is 50.0 Å². The second-order valence-corrected chi connectivity index (χ2v) is 22.6. The zero-order valence-electron chi connectivity index (χ0n) is 46.8. The predicted molar refractivity (Wildman–Crippen MR) is 283 cm³/mol. The number of nitrogens with two attached hydrogens (primary N) is 1. The molecule has 0 aliphatic carbocycles. The molecule has 0 bridgehead atoms. The lowest BCUT2D eigenvalue weighted by Crippen LogP contribution is -2.59. The molecule has 0 unspecified atom stereocenters. The highest BCUT2D eigenvalue weighted by atomic mass is 16.7. The number of cyclic esters (lactones) is 1. The minimum atomic E-state index is -1.81. The molecular weight excluding hydrogens is 951 g/mol. The fraction of sp³-hybridized carbons (Fsp3) is 0.750. The Morgan fingerprint density at radius 1 is 0.959 bits per heavy atom. The lowest BCUT2D eigenvalue weighted by atomic mass is 9.77. The molecule has 18 heteroatoms. The van der Waals surface area contributed by atoms with Crippen LogP contribution < -0.4 is 15.8 Å². The Labute approximate surface area is 441 Å². The predicted octanol–water partition coefficient (Wildman–Crippen LogP) is 4.75. The van der Waals surface area contributed by atoms with Gasteiger partial charge < -0.3 is 79.5 Å². The van der Waals surface area contributed by atoms with Gasteiger partial charge in [-0.3, -0.25) is 4.79 Å². The number of hydrogen-bond acceptors (Lipinski definition) is 18. The van der Waals surface area contributed by atoms with Crippen LogP contribution >= 0.6 is 0 Å². The summed E-state index contributed by atoms with van der Waals surface area (Å²) in [4.78, 5) is 23.0. The summed E-state index contributed by atoms with van der Waals surface area (Å²) in [6.07, 6.45) is -1.35. The fourth-order valence-corrected chi connectivity index (χ4v) is 11.4. The minimum absolute atomic E-state index is 0.0179. The largest absolute Gasteiger partial charge is 0.481 e. The Kier molecular flexibility index (Phi) is 22.1. The molecule has 0 radical (unpaired) electrons. The smallest absolute Gasteiger partial charge is 0.311 e. The number of aromatic nitrogens is 1. The quantitative estimate of drug-likeness (QED) is 0.106. The number of methoxy groups -OCH3 is 2. The van der Waals surface area contributed by atoms with Gasteiger partial charge in [-0.05, 0) is 111 Å². The van der Waals surface area contributed by atoms with Gasteiger partial charge in [0.15, 0.2) is 12.6 Å². The van der Waals surface area contributed by atoms with E-state index in [1.54, 1.807) is 54.1 Å². The third-order valence-electron chi connectivity index (χ3n) is 16.2. The molecule has 4 heterocycles. The van der Waals surface area contributed by atoms with Crippen molar-refractivity contribution in [2.75, 3.05) is 48.0 Å². The summed E-state index contributed by atoms with van der Waals surface area (Å²) in [5.74, 6) is -1.96. The number of pyridine rings is 1. The van der Waals surface area contributed by atoms with Crippen LogP contribution in [0.2, 0.25) is 0 Å². The number of benzene rings is 1. The van der Waals surface area contributed by atoms with Crippen LogP contribution in [-0.2, 0) is 39.6 Å². The average Bonchev–Trinajstić information content (AvgIpc) is 3.36. The van der Waals surface area contributed by atoms with E-state index in [2.05, 4.69) is 22.2 Å². The van der Waals surface area contributed by atoms with Crippen molar-refractivity contribution in [2.24, 2.45) is 23.5 Å². The Morgan fingerprint density at radius 2 is 1.64 bits per heavy atom. The van der Waals surface area contributed by atoms with Gasteiger partial charge in [0.25, 0.3) is 0 Å². The maximum atomic E-state index is 14.5. The maximum absolute atomic E-state index is 14.5. The number of esters is 1. The zero-order chi connectivity index (χ0) is 54.9. The van der Waals surface area contributed by atoms with Gasteiger partial charge in [0.1, 0.15) is 23.9 Å². The van der Waals surface area contributed by atoms with E-state index in [1.807, 2.05) is 76.0 Å². The number of carbonyl (C=O) groups excluding carboxylic acids is 1. The van der Waals surface area contributed by atoms with E-state index >= 15 is 0 Å². The van der Waals surface area contributed by atoms with Crippen molar-refractivity contribution in [3.63, 3.8) is 0 Å². The zero-order valence-corrected chi connectivity index (χ0v) is 46.8. The fourth-order valence-electron chi connectivity index (χ4n) is 11.4. The van der Waals surface area contributed by atoms with Crippen LogP contribution in [0.1, 0.15) is 113 Å². The molecule has 74 heavy (non-hydrogen) atoms. The highest BCUT2D eigenvalue weighted by Crippen LogP contribution is 2.40. The molecule has 18 nitrogen and oxygen atoms in total. The first kappa shape index (κ1) is 61.4. The van der Waals surface area contributed by atoms with Gasteiger partial charge in [-0.15, -0.1) is 0 Å². The number of ether oxygens (including phenoxy) is 7. The van der Waals surface area contributed by atoms with E-state index in [0.29, 0.717) is 43.9 Å². The molecule has 0 amide bonds. The summed E-state index contributed by atoms with van der Waals surface area (Å²) in [7, 11) is 7.03. The summed E-state index contributed by atoms with van der Waals surface area (Å²) in [6, 6.07) is 11.2. The molecule has 0 spiro atoms. The van der Waals surface area contributed by atoms with Crippen LogP contribution in [0.25, 0.3) is 11.1 Å². The second kappa shape index (κ2) is 26.7. The topological polar surface area (TPSA) is 240 Å². The average molecular weight is 1040 g/mol. The van der Waals surface area contributed by atoms with Crippen LogP contribution in [0.5, 0.6) is 5.88 Å². The molecule has 1 aromatic carbocycles. The summed E-state index contributed by atoms with van der Waals surface area (Å²) in [5.41, 5.74) is 5.92. The van der Waals surface area contributed by atoms with Crippen molar-refractivity contribution >= 4 is 5.97 Å². The van der Waals surface area contributed by atoms with Gasteiger partial charge in [0, 0.05) is 87.2 Å². The van der Waals surface area contributed by atoms with Crippen LogP contribution in [-0.4, -0.2) is 185 Å². The van der Waals surface area contributed by atoms with Crippen LogP contribution in [0.3, 0.4) is 0 Å². The Bertz CT molecular complexity index is 2060. The number of aliphatic hydroxyl groups is 5. The van der Waals surface area contributed by atoms with Crippen molar-refractivity contribution in [3.8, 4) is 17.0 Å². The number of nitrogens with zero attached hydrogens (tertiary/aromatic N) is 3. The first-order valence-electron chi connectivity index (χ1n) is 26.8. The normalized spacial score (nSPS) is 37.9. The standard InChI is InChI=1S/C56H93N5O13/c1-15-45-56(10,67)50(63)37(6)61(12)31-33(2)27-54(8,66)52(35(4)49(36(5)53(65)72-45)73-48-28-55(9,69-14)51(64)38(7)71-48)74-47-26-44(24-34(3)70-47)60(11)23-22-42(57)30-58-43(32-62)25-39-16-18-40(19-17-39)41-20-21-46(68-13)59-29-41/h16-21,29-30,33-38,43-45,47-52,58,62-64,66-67H,15,22-28,31-32,57H2,1-14H3/b42-30-/t33-,34-,35+,36-,37-,38+,43+,44+,45-,47+,48+,49+,50-,51+,52-,54-,55-,56-/m1/s1. The van der Waals surface area contributed by atoms with Crippen LogP contribution in [0.4, 0.5) is 0 Å². The lowest BCUT2D eigenvalue weighted by molar-refractivity contribution is -0.308. The van der Waals surface area contributed by atoms with E-state index < -0.39 is 89.9 Å². The van der Waals surface area contributed by atoms with Gasteiger partial charge in [-0.1, -0.05) is 45.0 Å². The molecule has 3 saturated heterocycles. The van der Waals surface area contributed by atoms with Crippen molar-refractivity contribution in [1.82, 2.24) is 20.1 Å². The Morgan fingerprint density at radius 3 is 2.24 bits per heavy atom.